The number of nitrogens with zero attached hydrogens (tertiary/aromatic N) is 1. The predicted molar refractivity (Wildman–Crippen MR) is 54.2 cm³/mol. The molecule has 0 saturated carbocycles. The van der Waals surface area contributed by atoms with Gasteiger partial charge in [0.15, 0.2) is 0 Å². The third-order valence-electron chi connectivity index (χ3n) is 1.75. The van der Waals surface area contributed by atoms with Crippen molar-refractivity contribution >= 4 is 17.3 Å². The van der Waals surface area contributed by atoms with Crippen molar-refractivity contribution in [2.24, 2.45) is 0 Å². The summed E-state index contributed by atoms with van der Waals surface area (Å²) in [5, 5.41) is 3.80. The number of ether oxygens (including phenoxy) is 1. The van der Waals surface area contributed by atoms with Crippen LogP contribution in [-0.2, 0) is 4.74 Å². The Kier molecular flexibility index (Phi) is 3.99. The minimum atomic E-state index is 0.171. The second kappa shape index (κ2) is 5.04. The Hall–Kier alpha value is -0.800. The number of anilines is 1. The van der Waals surface area contributed by atoms with Gasteiger partial charge < -0.3 is 10.1 Å². The van der Waals surface area contributed by atoms with Gasteiger partial charge in [0.2, 0.25) is 0 Å². The molecule has 0 spiro atoms. The second-order valence-electron chi connectivity index (χ2n) is 2.78. The van der Waals surface area contributed by atoms with Crippen molar-refractivity contribution in [3.8, 4) is 0 Å². The third kappa shape index (κ3) is 3.20. The van der Waals surface area contributed by atoms with Gasteiger partial charge in [0.25, 0.3) is 0 Å². The minimum Gasteiger partial charge on any atom is -0.381 e. The number of pyridine rings is 1. The van der Waals surface area contributed by atoms with Crippen molar-refractivity contribution in [3.63, 3.8) is 0 Å². The number of methoxy groups -OCH3 is 1. The zero-order valence-corrected chi connectivity index (χ0v) is 8.51. The number of hydrogen-bond acceptors (Lipinski definition) is 3. The third-order valence-corrected chi connectivity index (χ3v) is 2.06. The molecular formula is C9H13ClN2O. The van der Waals surface area contributed by atoms with Gasteiger partial charge in [-0.15, -0.1) is 0 Å². The van der Waals surface area contributed by atoms with E-state index in [9.17, 15) is 0 Å². The van der Waals surface area contributed by atoms with E-state index in [4.69, 9.17) is 16.3 Å². The van der Waals surface area contributed by atoms with E-state index in [-0.39, 0.29) is 6.10 Å². The monoisotopic (exact) mass is 200 g/mol. The Bertz CT molecular complexity index is 268. The number of hydrogen-bond donors (Lipinski definition) is 1. The number of nitrogens with one attached hydrogen (secondary N) is 1. The lowest BCUT2D eigenvalue weighted by Gasteiger charge is -2.12. The van der Waals surface area contributed by atoms with Crippen molar-refractivity contribution in [1.29, 1.82) is 0 Å². The van der Waals surface area contributed by atoms with Gasteiger partial charge in [-0.2, -0.15) is 0 Å². The average Bonchev–Trinajstić information content (AvgIpc) is 2.16. The Labute approximate surface area is 83.1 Å². The summed E-state index contributed by atoms with van der Waals surface area (Å²) < 4.78 is 5.09. The molecule has 1 atom stereocenters. The summed E-state index contributed by atoms with van der Waals surface area (Å²) in [6, 6.07) is 1.84. The fourth-order valence-corrected chi connectivity index (χ4v) is 1.04. The molecule has 3 nitrogen and oxygen atoms in total. The number of aromatic nitrogens is 1. The fourth-order valence-electron chi connectivity index (χ4n) is 0.856. The van der Waals surface area contributed by atoms with Crippen LogP contribution in [0.3, 0.4) is 0 Å². The van der Waals surface area contributed by atoms with E-state index in [2.05, 4.69) is 10.3 Å². The first kappa shape index (κ1) is 10.3. The van der Waals surface area contributed by atoms with Crippen LogP contribution in [0.25, 0.3) is 0 Å². The van der Waals surface area contributed by atoms with Gasteiger partial charge in [-0.25, -0.2) is 0 Å². The van der Waals surface area contributed by atoms with Crippen LogP contribution in [0.4, 0.5) is 5.69 Å². The highest BCUT2D eigenvalue weighted by Gasteiger charge is 2.01. The van der Waals surface area contributed by atoms with Crippen molar-refractivity contribution in [1.82, 2.24) is 4.98 Å². The van der Waals surface area contributed by atoms with Gasteiger partial charge >= 0.3 is 0 Å². The maximum absolute atomic E-state index is 5.89. The van der Waals surface area contributed by atoms with Gasteiger partial charge in [-0.05, 0) is 13.0 Å². The Balaban J connectivity index is 2.50. The number of halogens is 1. The van der Waals surface area contributed by atoms with Crippen LogP contribution in [0, 0.1) is 0 Å². The van der Waals surface area contributed by atoms with Gasteiger partial charge in [0.05, 0.1) is 16.8 Å². The van der Waals surface area contributed by atoms with E-state index < -0.39 is 0 Å². The Morgan fingerprint density at radius 1 is 1.69 bits per heavy atom. The molecule has 1 rings (SSSR count). The van der Waals surface area contributed by atoms with E-state index in [0.717, 1.165) is 12.2 Å². The normalized spacial score (nSPS) is 12.5. The first-order chi connectivity index (χ1) is 6.24. The summed E-state index contributed by atoms with van der Waals surface area (Å²) in [5.41, 5.74) is 0.889. The first-order valence-electron chi connectivity index (χ1n) is 4.10. The smallest absolute Gasteiger partial charge is 0.0820 e. The molecule has 1 heterocycles. The van der Waals surface area contributed by atoms with E-state index in [0.29, 0.717) is 5.02 Å². The second-order valence-corrected chi connectivity index (χ2v) is 3.19. The topological polar surface area (TPSA) is 34.1 Å². The molecule has 72 valence electrons. The van der Waals surface area contributed by atoms with E-state index in [1.165, 1.54) is 0 Å². The van der Waals surface area contributed by atoms with Crippen LogP contribution in [0.15, 0.2) is 18.5 Å². The minimum absolute atomic E-state index is 0.171. The molecule has 0 fully saturated rings. The molecule has 1 aromatic heterocycles. The lowest BCUT2D eigenvalue weighted by Crippen LogP contribution is -2.18. The molecule has 0 bridgehead atoms. The fraction of sp³-hybridized carbons (Fsp3) is 0.444. The van der Waals surface area contributed by atoms with Crippen molar-refractivity contribution in [3.05, 3.63) is 23.5 Å². The lowest BCUT2D eigenvalue weighted by atomic mass is 10.3. The number of rotatable bonds is 4. The summed E-state index contributed by atoms with van der Waals surface area (Å²) in [7, 11) is 1.68. The van der Waals surface area contributed by atoms with E-state index in [1.807, 2.05) is 13.0 Å². The van der Waals surface area contributed by atoms with Crippen LogP contribution in [0.2, 0.25) is 5.02 Å². The SMILES string of the molecule is COC(C)CNc1ccncc1Cl. The van der Waals surface area contributed by atoms with Crippen molar-refractivity contribution in [2.45, 2.75) is 13.0 Å². The van der Waals surface area contributed by atoms with E-state index in [1.54, 1.807) is 19.5 Å². The zero-order valence-electron chi connectivity index (χ0n) is 7.75. The van der Waals surface area contributed by atoms with Gasteiger partial charge in [0.1, 0.15) is 0 Å². The average molecular weight is 201 g/mol. The molecular weight excluding hydrogens is 188 g/mol. The molecule has 1 unspecified atom stereocenters. The van der Waals surface area contributed by atoms with Gasteiger partial charge in [-0.1, -0.05) is 11.6 Å². The van der Waals surface area contributed by atoms with Crippen LogP contribution in [0.1, 0.15) is 6.92 Å². The molecule has 0 amide bonds. The molecule has 0 saturated heterocycles. The summed E-state index contributed by atoms with van der Waals surface area (Å²) in [5.74, 6) is 0. The molecule has 4 heteroatoms. The van der Waals surface area contributed by atoms with Crippen LogP contribution in [0.5, 0.6) is 0 Å². The molecule has 0 aliphatic rings. The Morgan fingerprint density at radius 3 is 3.08 bits per heavy atom. The van der Waals surface area contributed by atoms with Crippen molar-refractivity contribution < 1.29 is 4.74 Å². The standard InChI is InChI=1S/C9H13ClN2O/c1-7(13-2)5-12-9-3-4-11-6-8(9)10/h3-4,6-7H,5H2,1-2H3,(H,11,12). The molecule has 0 radical (unpaired) electrons. The Morgan fingerprint density at radius 2 is 2.46 bits per heavy atom. The van der Waals surface area contributed by atoms with Gasteiger partial charge in [0, 0.05) is 26.0 Å². The zero-order chi connectivity index (χ0) is 9.68. The lowest BCUT2D eigenvalue weighted by molar-refractivity contribution is 0.129. The van der Waals surface area contributed by atoms with Crippen LogP contribution in [-0.4, -0.2) is 24.7 Å². The van der Waals surface area contributed by atoms with Crippen molar-refractivity contribution in [2.75, 3.05) is 19.0 Å². The largest absolute Gasteiger partial charge is 0.381 e. The molecule has 0 aromatic carbocycles. The molecule has 0 aliphatic heterocycles. The summed E-state index contributed by atoms with van der Waals surface area (Å²) in [6.07, 6.45) is 3.48. The molecule has 1 aromatic rings. The summed E-state index contributed by atoms with van der Waals surface area (Å²) >= 11 is 5.89. The van der Waals surface area contributed by atoms with Gasteiger partial charge in [-0.3, -0.25) is 4.98 Å². The molecule has 13 heavy (non-hydrogen) atoms. The van der Waals surface area contributed by atoms with E-state index >= 15 is 0 Å². The van der Waals surface area contributed by atoms with Crippen LogP contribution < -0.4 is 5.32 Å². The summed E-state index contributed by atoms with van der Waals surface area (Å²) in [6.45, 7) is 2.72. The maximum atomic E-state index is 5.89. The first-order valence-corrected chi connectivity index (χ1v) is 4.48. The predicted octanol–water partition coefficient (Wildman–Crippen LogP) is 2.18. The molecule has 0 aliphatic carbocycles. The molecule has 1 N–H and O–H groups in total. The summed E-state index contributed by atoms with van der Waals surface area (Å²) in [4.78, 5) is 3.89. The quantitative estimate of drug-likeness (QED) is 0.809. The highest BCUT2D eigenvalue weighted by atomic mass is 35.5. The highest BCUT2D eigenvalue weighted by molar-refractivity contribution is 6.33. The maximum Gasteiger partial charge on any atom is 0.0820 e. The highest BCUT2D eigenvalue weighted by Crippen LogP contribution is 2.18. The van der Waals surface area contributed by atoms with Crippen LogP contribution >= 0.6 is 11.6 Å².